The number of carbonyl (C=O) groups is 1. The van der Waals surface area contributed by atoms with E-state index in [0.29, 0.717) is 12.9 Å². The fourth-order valence-corrected chi connectivity index (χ4v) is 3.14. The molecular formula is C26H28O5. The van der Waals surface area contributed by atoms with Crippen LogP contribution in [0.2, 0.25) is 0 Å². The molecule has 5 heteroatoms. The maximum absolute atomic E-state index is 11.8. The molecule has 3 rings (SSSR count). The smallest absolute Gasteiger partial charge is 0.151 e. The molecule has 0 aliphatic carbocycles. The first kappa shape index (κ1) is 22.8. The van der Waals surface area contributed by atoms with Crippen molar-refractivity contribution in [1.82, 2.24) is 0 Å². The van der Waals surface area contributed by atoms with Gasteiger partial charge in [0, 0.05) is 0 Å². The molecule has 0 saturated carbocycles. The minimum Gasteiger partial charge on any atom is -0.388 e. The van der Waals surface area contributed by atoms with Crippen LogP contribution in [0.1, 0.15) is 16.7 Å². The Morgan fingerprint density at radius 1 is 0.677 bits per heavy atom. The van der Waals surface area contributed by atoms with Gasteiger partial charge in [-0.2, -0.15) is 0 Å². The van der Waals surface area contributed by atoms with Crippen molar-refractivity contribution in [2.75, 3.05) is 6.61 Å². The summed E-state index contributed by atoms with van der Waals surface area (Å²) in [5, 5.41) is 10.8. The van der Waals surface area contributed by atoms with E-state index in [2.05, 4.69) is 0 Å². The highest BCUT2D eigenvalue weighted by Crippen LogP contribution is 2.15. The molecule has 3 atom stereocenters. The van der Waals surface area contributed by atoms with Crippen molar-refractivity contribution in [3.8, 4) is 0 Å². The summed E-state index contributed by atoms with van der Waals surface area (Å²) >= 11 is 0. The number of rotatable bonds is 13. The fraction of sp³-hybridized carbons (Fsp3) is 0.269. The van der Waals surface area contributed by atoms with Gasteiger partial charge in [0.05, 0.1) is 26.4 Å². The van der Waals surface area contributed by atoms with E-state index in [1.807, 2.05) is 91.0 Å². The molecule has 0 radical (unpaired) electrons. The average molecular weight is 421 g/mol. The molecule has 5 nitrogen and oxygen atoms in total. The molecule has 0 aliphatic rings. The number of benzene rings is 3. The van der Waals surface area contributed by atoms with Gasteiger partial charge in [-0.25, -0.2) is 0 Å². The molecule has 3 aromatic rings. The lowest BCUT2D eigenvalue weighted by Gasteiger charge is -2.28. The summed E-state index contributed by atoms with van der Waals surface area (Å²) in [4.78, 5) is 11.8. The van der Waals surface area contributed by atoms with Gasteiger partial charge in [-0.05, 0) is 16.7 Å². The molecular weight excluding hydrogens is 392 g/mol. The van der Waals surface area contributed by atoms with Crippen LogP contribution < -0.4 is 0 Å². The normalized spacial score (nSPS) is 14.0. The molecule has 0 spiro atoms. The molecule has 1 N–H and O–H groups in total. The first-order valence-electron chi connectivity index (χ1n) is 10.3. The number of ether oxygens (including phenoxy) is 3. The van der Waals surface area contributed by atoms with Crippen LogP contribution in [0.25, 0.3) is 0 Å². The second-order valence-electron chi connectivity index (χ2n) is 7.23. The third-order valence-electron chi connectivity index (χ3n) is 4.81. The third-order valence-corrected chi connectivity index (χ3v) is 4.81. The van der Waals surface area contributed by atoms with Crippen molar-refractivity contribution < 1.29 is 24.1 Å². The summed E-state index contributed by atoms with van der Waals surface area (Å²) in [6.07, 6.45) is -2.14. The van der Waals surface area contributed by atoms with Crippen LogP contribution in [0.5, 0.6) is 0 Å². The van der Waals surface area contributed by atoms with E-state index in [1.54, 1.807) is 0 Å². The quantitative estimate of drug-likeness (QED) is 0.425. The van der Waals surface area contributed by atoms with E-state index in [0.717, 1.165) is 16.7 Å². The monoisotopic (exact) mass is 420 g/mol. The van der Waals surface area contributed by atoms with Crippen molar-refractivity contribution in [3.63, 3.8) is 0 Å². The molecule has 0 aromatic heterocycles. The number of aldehydes is 1. The Morgan fingerprint density at radius 3 is 1.61 bits per heavy atom. The summed E-state index contributed by atoms with van der Waals surface area (Å²) < 4.78 is 17.4. The Bertz CT molecular complexity index is 870. The molecule has 0 aliphatic heterocycles. The third kappa shape index (κ3) is 7.74. The summed E-state index contributed by atoms with van der Waals surface area (Å²) in [5.74, 6) is 0. The summed E-state index contributed by atoms with van der Waals surface area (Å²) in [5.41, 5.74) is 2.88. The van der Waals surface area contributed by atoms with E-state index < -0.39 is 18.3 Å². The highest BCUT2D eigenvalue weighted by atomic mass is 16.6. The molecule has 0 bridgehead atoms. The topological polar surface area (TPSA) is 65.0 Å². The van der Waals surface area contributed by atoms with E-state index in [-0.39, 0.29) is 19.8 Å². The fourth-order valence-electron chi connectivity index (χ4n) is 3.14. The molecule has 31 heavy (non-hydrogen) atoms. The number of hydrogen-bond donors (Lipinski definition) is 1. The van der Waals surface area contributed by atoms with Crippen LogP contribution in [0, 0.1) is 0 Å². The number of aliphatic hydroxyl groups is 1. The molecule has 3 aromatic carbocycles. The van der Waals surface area contributed by atoms with Crippen molar-refractivity contribution in [2.45, 2.75) is 38.1 Å². The Balaban J connectivity index is 1.62. The van der Waals surface area contributed by atoms with Crippen LogP contribution in [0.3, 0.4) is 0 Å². The zero-order valence-electron chi connectivity index (χ0n) is 17.4. The Morgan fingerprint density at radius 2 is 1.13 bits per heavy atom. The highest BCUT2D eigenvalue weighted by molar-refractivity contribution is 5.57. The first-order valence-corrected chi connectivity index (χ1v) is 10.3. The molecule has 0 saturated heterocycles. The zero-order chi connectivity index (χ0) is 21.7. The van der Waals surface area contributed by atoms with Crippen LogP contribution in [-0.2, 0) is 38.8 Å². The second kappa shape index (κ2) is 12.8. The number of hydrogen-bond acceptors (Lipinski definition) is 5. The van der Waals surface area contributed by atoms with Gasteiger partial charge >= 0.3 is 0 Å². The number of carbonyl (C=O) groups excluding carboxylic acids is 1. The van der Waals surface area contributed by atoms with Gasteiger partial charge in [0.1, 0.15) is 18.3 Å². The van der Waals surface area contributed by atoms with Crippen LogP contribution in [0.15, 0.2) is 91.0 Å². The first-order chi connectivity index (χ1) is 15.3. The van der Waals surface area contributed by atoms with Crippen LogP contribution in [0.4, 0.5) is 0 Å². The minimum atomic E-state index is -1.03. The summed E-state index contributed by atoms with van der Waals surface area (Å²) in [6, 6.07) is 28.9. The number of aliphatic hydroxyl groups excluding tert-OH is 1. The molecule has 0 heterocycles. The molecule has 162 valence electrons. The Hall–Kier alpha value is -2.83. The standard InChI is InChI=1S/C26H28O5/c27-16-25(30-18-22-12-6-2-7-13-22)26(31-19-23-14-8-3-9-15-23)24(28)20-29-17-21-10-4-1-5-11-21/h1-16,24-26,28H,17-20H2/t24-,25-,26-/m0/s1. The highest BCUT2D eigenvalue weighted by Gasteiger charge is 2.30. The molecule has 0 amide bonds. The van der Waals surface area contributed by atoms with E-state index in [9.17, 15) is 9.90 Å². The van der Waals surface area contributed by atoms with E-state index >= 15 is 0 Å². The predicted octanol–water partition coefficient (Wildman–Crippen LogP) is 3.93. The van der Waals surface area contributed by atoms with Gasteiger partial charge in [-0.15, -0.1) is 0 Å². The van der Waals surface area contributed by atoms with Gasteiger partial charge in [0.25, 0.3) is 0 Å². The largest absolute Gasteiger partial charge is 0.388 e. The van der Waals surface area contributed by atoms with Crippen LogP contribution in [-0.4, -0.2) is 36.3 Å². The lowest BCUT2D eigenvalue weighted by molar-refractivity contribution is -0.156. The lowest BCUT2D eigenvalue weighted by atomic mass is 10.1. The molecule has 0 fully saturated rings. The zero-order valence-corrected chi connectivity index (χ0v) is 17.4. The summed E-state index contributed by atoms with van der Waals surface area (Å²) in [7, 11) is 0. The van der Waals surface area contributed by atoms with Gasteiger partial charge in [0.2, 0.25) is 0 Å². The summed E-state index contributed by atoms with van der Waals surface area (Å²) in [6.45, 7) is 0.876. The van der Waals surface area contributed by atoms with Gasteiger partial charge in [0.15, 0.2) is 6.29 Å². The SMILES string of the molecule is O=C[C@H](OCc1ccccc1)[C@@H](OCc1ccccc1)[C@@H](O)COCc1ccccc1. The van der Waals surface area contributed by atoms with Gasteiger partial charge in [-0.1, -0.05) is 91.0 Å². The van der Waals surface area contributed by atoms with Gasteiger partial charge < -0.3 is 24.1 Å². The lowest BCUT2D eigenvalue weighted by Crippen LogP contribution is -2.44. The van der Waals surface area contributed by atoms with Crippen LogP contribution >= 0.6 is 0 Å². The minimum absolute atomic E-state index is 0.0212. The van der Waals surface area contributed by atoms with Crippen molar-refractivity contribution in [2.24, 2.45) is 0 Å². The van der Waals surface area contributed by atoms with Gasteiger partial charge in [-0.3, -0.25) is 0 Å². The molecule has 0 unspecified atom stereocenters. The van der Waals surface area contributed by atoms with Crippen molar-refractivity contribution in [3.05, 3.63) is 108 Å². The average Bonchev–Trinajstić information content (AvgIpc) is 2.83. The Labute approximate surface area is 183 Å². The maximum Gasteiger partial charge on any atom is 0.151 e. The van der Waals surface area contributed by atoms with Crippen molar-refractivity contribution in [1.29, 1.82) is 0 Å². The predicted molar refractivity (Wildman–Crippen MR) is 118 cm³/mol. The Kier molecular flexibility index (Phi) is 9.41. The second-order valence-corrected chi connectivity index (χ2v) is 7.23. The van der Waals surface area contributed by atoms with E-state index in [4.69, 9.17) is 14.2 Å². The van der Waals surface area contributed by atoms with Crippen molar-refractivity contribution >= 4 is 6.29 Å². The maximum atomic E-state index is 11.8. The van der Waals surface area contributed by atoms with E-state index in [1.165, 1.54) is 0 Å².